The predicted molar refractivity (Wildman–Crippen MR) is 148 cm³/mol. The summed E-state index contributed by atoms with van der Waals surface area (Å²) in [5.41, 5.74) is 1.29. The van der Waals surface area contributed by atoms with Crippen molar-refractivity contribution < 1.29 is 33.3 Å². The average Bonchev–Trinajstić information content (AvgIpc) is 3.45. The Morgan fingerprint density at radius 1 is 1.03 bits per heavy atom. The normalized spacial score (nSPS) is 15.3. The highest BCUT2D eigenvalue weighted by atomic mass is 35.5. The Bertz CT molecular complexity index is 1520. The minimum absolute atomic E-state index is 0.0289. The van der Waals surface area contributed by atoms with Gasteiger partial charge in [-0.25, -0.2) is 4.79 Å². The molecule has 0 bridgehead atoms. The van der Waals surface area contributed by atoms with Gasteiger partial charge in [-0.15, -0.1) is 0 Å². The fourth-order valence-electron chi connectivity index (χ4n) is 3.81. The first-order chi connectivity index (χ1) is 18.7. The zero-order chi connectivity index (χ0) is 27.7. The van der Waals surface area contributed by atoms with E-state index in [1.807, 2.05) is 0 Å². The van der Waals surface area contributed by atoms with Gasteiger partial charge in [0.25, 0.3) is 11.1 Å². The molecule has 0 atom stereocenters. The molecule has 2 aliphatic heterocycles. The van der Waals surface area contributed by atoms with E-state index in [4.69, 9.17) is 53.8 Å². The number of benzene rings is 3. The summed E-state index contributed by atoms with van der Waals surface area (Å²) in [4.78, 5) is 39.8. The minimum atomic E-state index is -0.648. The highest BCUT2D eigenvalue weighted by molar-refractivity contribution is 8.18. The average molecular weight is 607 g/mol. The number of hydrogen-bond acceptors (Lipinski definition) is 8. The number of nitrogens with zero attached hydrogens (tertiary/aromatic N) is 1. The van der Waals surface area contributed by atoms with Crippen molar-refractivity contribution in [3.63, 3.8) is 0 Å². The summed E-state index contributed by atoms with van der Waals surface area (Å²) < 4.78 is 21.9. The molecule has 5 rings (SSSR count). The van der Waals surface area contributed by atoms with E-state index < -0.39 is 17.1 Å². The number of rotatable bonds is 7. The Morgan fingerprint density at radius 3 is 2.46 bits per heavy atom. The number of fused-ring (bicyclic) bond motifs is 1. The van der Waals surface area contributed by atoms with Crippen molar-refractivity contribution in [2.75, 3.05) is 13.4 Å². The van der Waals surface area contributed by atoms with E-state index in [0.717, 1.165) is 16.7 Å². The fraction of sp³-hybridized carbons (Fsp3) is 0.148. The van der Waals surface area contributed by atoms with Crippen LogP contribution in [0.2, 0.25) is 15.1 Å². The van der Waals surface area contributed by atoms with Gasteiger partial charge in [0.2, 0.25) is 6.79 Å². The van der Waals surface area contributed by atoms with Crippen LogP contribution in [-0.4, -0.2) is 35.4 Å². The number of carbonyl (C=O) groups is 3. The third-order valence-electron chi connectivity index (χ3n) is 5.65. The van der Waals surface area contributed by atoms with Gasteiger partial charge in [-0.05, 0) is 78.4 Å². The van der Waals surface area contributed by atoms with Gasteiger partial charge < -0.3 is 18.9 Å². The van der Waals surface area contributed by atoms with Crippen LogP contribution in [-0.2, 0) is 11.3 Å². The number of amides is 2. The van der Waals surface area contributed by atoms with E-state index in [1.54, 1.807) is 37.3 Å². The molecule has 1 saturated heterocycles. The van der Waals surface area contributed by atoms with E-state index >= 15 is 0 Å². The van der Waals surface area contributed by atoms with Crippen LogP contribution in [0.3, 0.4) is 0 Å². The Labute approximate surface area is 242 Å². The van der Waals surface area contributed by atoms with Gasteiger partial charge in [0.15, 0.2) is 23.0 Å². The van der Waals surface area contributed by atoms with Crippen molar-refractivity contribution in [1.29, 1.82) is 0 Å². The Hall–Kier alpha value is -3.37. The molecule has 3 aromatic rings. The molecule has 0 aromatic heterocycles. The third kappa shape index (κ3) is 5.81. The summed E-state index contributed by atoms with van der Waals surface area (Å²) in [7, 11) is 0. The van der Waals surface area contributed by atoms with Crippen LogP contribution in [0.1, 0.15) is 28.4 Å². The molecule has 8 nitrogen and oxygen atoms in total. The molecule has 0 aliphatic carbocycles. The number of hydrogen-bond donors (Lipinski definition) is 0. The first-order valence-electron chi connectivity index (χ1n) is 11.5. The van der Waals surface area contributed by atoms with Gasteiger partial charge in [-0.2, -0.15) is 0 Å². The first kappa shape index (κ1) is 27.2. The van der Waals surface area contributed by atoms with E-state index in [0.29, 0.717) is 32.7 Å². The van der Waals surface area contributed by atoms with Crippen molar-refractivity contribution in [2.45, 2.75) is 13.5 Å². The molecule has 39 heavy (non-hydrogen) atoms. The summed E-state index contributed by atoms with van der Waals surface area (Å²) in [6.07, 6.45) is 1.52. The molecule has 1 fully saturated rings. The number of carbonyl (C=O) groups excluding carboxylic acids is 3. The second-order valence-electron chi connectivity index (χ2n) is 8.22. The van der Waals surface area contributed by atoms with Crippen molar-refractivity contribution in [1.82, 2.24) is 4.90 Å². The molecule has 2 aliphatic rings. The second kappa shape index (κ2) is 11.4. The first-order valence-corrected chi connectivity index (χ1v) is 13.5. The number of esters is 1. The Morgan fingerprint density at radius 2 is 1.74 bits per heavy atom. The highest BCUT2D eigenvalue weighted by Crippen LogP contribution is 2.41. The molecule has 0 spiro atoms. The molecule has 200 valence electrons. The summed E-state index contributed by atoms with van der Waals surface area (Å²) in [6.45, 7) is 2.06. The fourth-order valence-corrected chi connectivity index (χ4v) is 5.24. The molecule has 12 heteroatoms. The molecule has 0 N–H and O–H groups in total. The monoisotopic (exact) mass is 605 g/mol. The van der Waals surface area contributed by atoms with Crippen molar-refractivity contribution in [3.05, 3.63) is 85.2 Å². The topological polar surface area (TPSA) is 91.4 Å². The van der Waals surface area contributed by atoms with Gasteiger partial charge in [0.1, 0.15) is 0 Å². The van der Waals surface area contributed by atoms with E-state index in [-0.39, 0.29) is 46.9 Å². The van der Waals surface area contributed by atoms with E-state index in [9.17, 15) is 14.4 Å². The van der Waals surface area contributed by atoms with Crippen LogP contribution < -0.4 is 18.9 Å². The number of thioether (sulfide) groups is 1. The maximum absolute atomic E-state index is 13.1. The van der Waals surface area contributed by atoms with Gasteiger partial charge >= 0.3 is 5.97 Å². The Kier molecular flexibility index (Phi) is 7.95. The van der Waals surface area contributed by atoms with Crippen LogP contribution in [0.25, 0.3) is 6.08 Å². The lowest BCUT2D eigenvalue weighted by Gasteiger charge is -2.14. The number of ether oxygens (including phenoxy) is 4. The second-order valence-corrected chi connectivity index (χ2v) is 10.5. The zero-order valence-electron chi connectivity index (χ0n) is 20.2. The van der Waals surface area contributed by atoms with Gasteiger partial charge in [-0.3, -0.25) is 14.5 Å². The maximum Gasteiger partial charge on any atom is 0.343 e. The smallest absolute Gasteiger partial charge is 0.343 e. The van der Waals surface area contributed by atoms with Gasteiger partial charge in [0, 0.05) is 16.1 Å². The van der Waals surface area contributed by atoms with Gasteiger partial charge in [0.05, 0.1) is 28.6 Å². The SMILES string of the molecule is CCOc1cc(/C=C2\SC(=O)N(Cc3cc4c(cc3Cl)OCO4)C2=O)cc(Cl)c1OC(=O)c1ccc(Cl)cc1. The summed E-state index contributed by atoms with van der Waals surface area (Å²) >= 11 is 19.5. The third-order valence-corrected chi connectivity index (χ3v) is 7.44. The molecule has 2 amide bonds. The van der Waals surface area contributed by atoms with E-state index in [2.05, 4.69) is 0 Å². The lowest BCUT2D eigenvalue weighted by atomic mass is 10.1. The standard InChI is InChI=1S/C27H18Cl3NO7S/c1-2-35-22-8-14(7-19(30)24(22)38-26(33)15-3-5-17(28)6-4-15)9-23-25(32)31(27(34)39-23)12-16-10-20-21(11-18(16)29)37-13-36-20/h3-11H,2,12-13H2,1H3/b23-9-. The molecule has 0 saturated carbocycles. The quantitative estimate of drug-likeness (QED) is 0.158. The lowest BCUT2D eigenvalue weighted by Crippen LogP contribution is -2.27. The van der Waals surface area contributed by atoms with Gasteiger partial charge in [-0.1, -0.05) is 34.8 Å². The molecular weight excluding hydrogens is 589 g/mol. The molecule has 0 unspecified atom stereocenters. The van der Waals surface area contributed by atoms with Crippen LogP contribution in [0.5, 0.6) is 23.0 Å². The molecule has 3 aromatic carbocycles. The van der Waals surface area contributed by atoms with Crippen molar-refractivity contribution in [3.8, 4) is 23.0 Å². The summed E-state index contributed by atoms with van der Waals surface area (Å²) in [5, 5.41) is 0.456. The van der Waals surface area contributed by atoms with Crippen LogP contribution in [0, 0.1) is 0 Å². The lowest BCUT2D eigenvalue weighted by molar-refractivity contribution is -0.123. The number of halogens is 3. The number of imide groups is 1. The van der Waals surface area contributed by atoms with Crippen LogP contribution in [0.4, 0.5) is 4.79 Å². The summed E-state index contributed by atoms with van der Waals surface area (Å²) in [5.74, 6) is 0.0802. The molecule has 0 radical (unpaired) electrons. The predicted octanol–water partition coefficient (Wildman–Crippen LogP) is 7.23. The largest absolute Gasteiger partial charge is 0.490 e. The van der Waals surface area contributed by atoms with Crippen LogP contribution in [0.15, 0.2) is 53.4 Å². The highest BCUT2D eigenvalue weighted by Gasteiger charge is 2.36. The molecular formula is C27H18Cl3NO7S. The van der Waals surface area contributed by atoms with Crippen molar-refractivity contribution >= 4 is 69.8 Å². The van der Waals surface area contributed by atoms with Crippen molar-refractivity contribution in [2.24, 2.45) is 0 Å². The molecule has 2 heterocycles. The minimum Gasteiger partial charge on any atom is -0.490 e. The maximum atomic E-state index is 13.1. The Balaban J connectivity index is 1.38. The summed E-state index contributed by atoms with van der Waals surface area (Å²) in [6, 6.07) is 12.5. The van der Waals surface area contributed by atoms with Crippen LogP contribution >= 0.6 is 46.6 Å². The van der Waals surface area contributed by atoms with E-state index in [1.165, 1.54) is 24.3 Å². The zero-order valence-corrected chi connectivity index (χ0v) is 23.2.